The van der Waals surface area contributed by atoms with Crippen LogP contribution in [0.5, 0.6) is 0 Å². The van der Waals surface area contributed by atoms with Crippen LogP contribution in [-0.2, 0) is 6.54 Å². The van der Waals surface area contributed by atoms with Crippen molar-refractivity contribution in [3.8, 4) is 0 Å². The highest BCUT2D eigenvalue weighted by Crippen LogP contribution is 2.23. The van der Waals surface area contributed by atoms with Gasteiger partial charge in [-0.15, -0.1) is 17.5 Å². The lowest BCUT2D eigenvalue weighted by Crippen LogP contribution is -2.49. The zero-order valence-electron chi connectivity index (χ0n) is 14.1. The third-order valence-corrected chi connectivity index (χ3v) is 4.50. The summed E-state index contributed by atoms with van der Waals surface area (Å²) in [6, 6.07) is 6.34. The Morgan fingerprint density at radius 1 is 1.44 bits per heavy atom. The highest BCUT2D eigenvalue weighted by molar-refractivity contribution is 5.92. The zero-order valence-corrected chi connectivity index (χ0v) is 15.0. The Labute approximate surface area is 152 Å². The molecule has 2 unspecified atom stereocenters. The second-order valence-corrected chi connectivity index (χ2v) is 6.45. The van der Waals surface area contributed by atoms with E-state index in [0.29, 0.717) is 31.2 Å². The number of amides is 1. The summed E-state index contributed by atoms with van der Waals surface area (Å²) >= 11 is 0. The van der Waals surface area contributed by atoms with E-state index < -0.39 is 0 Å². The summed E-state index contributed by atoms with van der Waals surface area (Å²) in [7, 11) is 0. The number of nitrogens with two attached hydrogens (primary N) is 1. The monoisotopic (exact) mass is 367 g/mol. The maximum absolute atomic E-state index is 13.2. The van der Waals surface area contributed by atoms with Crippen molar-refractivity contribution in [3.63, 3.8) is 0 Å². The Morgan fingerprint density at radius 2 is 2.24 bits per heavy atom. The van der Waals surface area contributed by atoms with Gasteiger partial charge in [-0.2, -0.15) is 0 Å². The smallest absolute Gasteiger partial charge is 0.276 e. The van der Waals surface area contributed by atoms with Gasteiger partial charge in [0.05, 0.1) is 12.7 Å². The number of benzene rings is 1. The maximum Gasteiger partial charge on any atom is 0.276 e. The molecule has 0 bridgehead atoms. The lowest BCUT2D eigenvalue weighted by Gasteiger charge is -2.37. The van der Waals surface area contributed by atoms with Crippen molar-refractivity contribution < 1.29 is 9.18 Å². The summed E-state index contributed by atoms with van der Waals surface area (Å²) in [5, 5.41) is 7.97. The molecule has 25 heavy (non-hydrogen) atoms. The van der Waals surface area contributed by atoms with Crippen molar-refractivity contribution in [1.29, 1.82) is 0 Å². The number of carbonyl (C=O) groups is 1. The minimum atomic E-state index is -0.294. The lowest BCUT2D eigenvalue weighted by atomic mass is 9.92. The molecule has 2 N–H and O–H groups in total. The fourth-order valence-electron chi connectivity index (χ4n) is 3.19. The predicted octanol–water partition coefficient (Wildman–Crippen LogP) is 2.09. The molecule has 2 heterocycles. The van der Waals surface area contributed by atoms with E-state index in [9.17, 15) is 9.18 Å². The number of carbonyl (C=O) groups excluding carboxylic acids is 1. The molecule has 1 aromatic carbocycles. The van der Waals surface area contributed by atoms with Crippen molar-refractivity contribution in [2.45, 2.75) is 32.4 Å². The molecule has 0 saturated carbocycles. The topological polar surface area (TPSA) is 77.0 Å². The fraction of sp³-hybridized carbons (Fsp3) is 0.471. The first-order valence-electron chi connectivity index (χ1n) is 8.22. The zero-order chi connectivity index (χ0) is 17.1. The van der Waals surface area contributed by atoms with Gasteiger partial charge in [-0.25, -0.2) is 9.07 Å². The van der Waals surface area contributed by atoms with Gasteiger partial charge in [0.25, 0.3) is 5.91 Å². The largest absolute Gasteiger partial charge is 0.333 e. The van der Waals surface area contributed by atoms with Gasteiger partial charge in [-0.3, -0.25) is 4.79 Å². The summed E-state index contributed by atoms with van der Waals surface area (Å²) in [6.07, 6.45) is 3.50. The first-order chi connectivity index (χ1) is 11.6. The van der Waals surface area contributed by atoms with E-state index in [2.05, 4.69) is 17.2 Å². The molecule has 1 amide bonds. The Bertz CT molecular complexity index is 723. The molecule has 6 nitrogen and oxygen atoms in total. The number of halogens is 2. The summed E-state index contributed by atoms with van der Waals surface area (Å²) in [6.45, 7) is 3.70. The third-order valence-electron chi connectivity index (χ3n) is 4.50. The van der Waals surface area contributed by atoms with Crippen LogP contribution in [0.1, 0.15) is 35.8 Å². The van der Waals surface area contributed by atoms with Crippen LogP contribution in [0, 0.1) is 11.7 Å². The molecule has 1 aliphatic heterocycles. The number of nitrogens with zero attached hydrogens (tertiary/aromatic N) is 4. The van der Waals surface area contributed by atoms with Gasteiger partial charge in [-0.05, 0) is 36.5 Å². The quantitative estimate of drug-likeness (QED) is 0.897. The number of aromatic nitrogens is 3. The van der Waals surface area contributed by atoms with Gasteiger partial charge in [0, 0.05) is 19.1 Å². The highest BCUT2D eigenvalue weighted by atomic mass is 35.5. The van der Waals surface area contributed by atoms with E-state index in [-0.39, 0.29) is 30.2 Å². The molecular formula is C17H23ClFN5O. The molecule has 8 heteroatoms. The lowest BCUT2D eigenvalue weighted by molar-refractivity contribution is 0.0567. The number of likely N-dealkylation sites (tertiary alicyclic amines) is 1. The molecule has 1 aromatic heterocycles. The van der Waals surface area contributed by atoms with Gasteiger partial charge in [0.1, 0.15) is 5.82 Å². The average molecular weight is 368 g/mol. The van der Waals surface area contributed by atoms with Crippen LogP contribution in [0.3, 0.4) is 0 Å². The number of hydrogen-bond acceptors (Lipinski definition) is 4. The molecule has 1 fully saturated rings. The summed E-state index contributed by atoms with van der Waals surface area (Å²) in [4.78, 5) is 14.5. The Hall–Kier alpha value is -1.99. The van der Waals surface area contributed by atoms with Crippen molar-refractivity contribution in [2.75, 3.05) is 13.1 Å². The first kappa shape index (κ1) is 19.3. The minimum absolute atomic E-state index is 0. The van der Waals surface area contributed by atoms with Crippen molar-refractivity contribution >= 4 is 18.3 Å². The van der Waals surface area contributed by atoms with Gasteiger partial charge in [0.2, 0.25) is 0 Å². The van der Waals surface area contributed by atoms with Gasteiger partial charge in [0.15, 0.2) is 5.69 Å². The van der Waals surface area contributed by atoms with E-state index in [1.54, 1.807) is 21.8 Å². The molecule has 1 saturated heterocycles. The molecule has 0 spiro atoms. The Kier molecular flexibility index (Phi) is 6.50. The van der Waals surface area contributed by atoms with Crippen LogP contribution in [-0.4, -0.2) is 44.9 Å². The summed E-state index contributed by atoms with van der Waals surface area (Å²) < 4.78 is 14.8. The predicted molar refractivity (Wildman–Crippen MR) is 95.0 cm³/mol. The molecule has 136 valence electrons. The van der Waals surface area contributed by atoms with Crippen LogP contribution in [0.2, 0.25) is 0 Å². The first-order valence-corrected chi connectivity index (χ1v) is 8.22. The summed E-state index contributed by atoms with van der Waals surface area (Å²) in [5.41, 5.74) is 6.90. The number of rotatable bonds is 4. The number of hydrogen-bond donors (Lipinski definition) is 1. The molecule has 0 aliphatic carbocycles. The third kappa shape index (κ3) is 4.55. The molecule has 2 aromatic rings. The minimum Gasteiger partial charge on any atom is -0.333 e. The van der Waals surface area contributed by atoms with Crippen LogP contribution < -0.4 is 5.73 Å². The van der Waals surface area contributed by atoms with Crippen LogP contribution >= 0.6 is 12.4 Å². The number of piperidine rings is 1. The Balaban J connectivity index is 0.00000225. The van der Waals surface area contributed by atoms with E-state index >= 15 is 0 Å². The Morgan fingerprint density at radius 3 is 2.96 bits per heavy atom. The van der Waals surface area contributed by atoms with Crippen molar-refractivity contribution in [1.82, 2.24) is 19.9 Å². The average Bonchev–Trinajstić information content (AvgIpc) is 3.02. The van der Waals surface area contributed by atoms with Crippen LogP contribution in [0.15, 0.2) is 30.5 Å². The molecular weight excluding hydrogens is 345 g/mol. The molecule has 3 rings (SSSR count). The second kappa shape index (κ2) is 8.40. The van der Waals surface area contributed by atoms with E-state index in [4.69, 9.17) is 5.73 Å². The van der Waals surface area contributed by atoms with Gasteiger partial charge < -0.3 is 10.6 Å². The molecule has 2 atom stereocenters. The van der Waals surface area contributed by atoms with E-state index in [1.807, 2.05) is 6.07 Å². The van der Waals surface area contributed by atoms with Crippen LogP contribution in [0.4, 0.5) is 4.39 Å². The fourth-order valence-corrected chi connectivity index (χ4v) is 3.19. The van der Waals surface area contributed by atoms with Gasteiger partial charge >= 0.3 is 0 Å². The SMILES string of the molecule is CC1CCN(C(=O)c2cn(Cc3cccc(F)c3)nn2)C(CN)C1.Cl. The van der Waals surface area contributed by atoms with E-state index in [0.717, 1.165) is 18.4 Å². The van der Waals surface area contributed by atoms with Crippen molar-refractivity contribution in [2.24, 2.45) is 11.7 Å². The van der Waals surface area contributed by atoms with Crippen LogP contribution in [0.25, 0.3) is 0 Å². The molecule has 1 aliphatic rings. The normalized spacial score (nSPS) is 20.2. The maximum atomic E-state index is 13.2. The molecule has 0 radical (unpaired) electrons. The van der Waals surface area contributed by atoms with E-state index in [1.165, 1.54) is 12.1 Å². The summed E-state index contributed by atoms with van der Waals surface area (Å²) in [5.74, 6) is 0.145. The van der Waals surface area contributed by atoms with Crippen molar-refractivity contribution in [3.05, 3.63) is 47.5 Å². The second-order valence-electron chi connectivity index (χ2n) is 6.45. The highest BCUT2D eigenvalue weighted by Gasteiger charge is 2.30. The standard InChI is InChI=1S/C17H22FN5O.ClH/c1-12-5-6-23(15(7-12)9-19)17(24)16-11-22(21-20-16)10-13-3-2-4-14(18)8-13;/h2-4,8,11-12,15H,5-7,9-10,19H2,1H3;1H. The van der Waals surface area contributed by atoms with Gasteiger partial charge in [-0.1, -0.05) is 24.3 Å².